The Morgan fingerprint density at radius 2 is 1.76 bits per heavy atom. The van der Waals surface area contributed by atoms with E-state index in [0.29, 0.717) is 0 Å². The van der Waals surface area contributed by atoms with E-state index >= 15 is 0 Å². The van der Waals surface area contributed by atoms with Gasteiger partial charge in [0.1, 0.15) is 0 Å². The van der Waals surface area contributed by atoms with Crippen LogP contribution in [0.15, 0.2) is 42.5 Å². The Balaban J connectivity index is 2.69. The van der Waals surface area contributed by atoms with Gasteiger partial charge in [0.15, 0.2) is 0 Å². The standard InChI is InChI=1S/C19H33NSi/c1-5-6-10-15-19(20,18-13-8-7-9-14-18)16-11-12-17-21(2,3)4/h7-10,13-15H,5-6,11-12,16-17,20H2,1-4H3/b15-10+. The molecule has 0 aromatic heterocycles. The zero-order valence-electron chi connectivity index (χ0n) is 14.4. The zero-order chi connectivity index (χ0) is 15.8. The summed E-state index contributed by atoms with van der Waals surface area (Å²) in [6, 6.07) is 12.0. The van der Waals surface area contributed by atoms with Gasteiger partial charge in [-0.3, -0.25) is 0 Å². The third kappa shape index (κ3) is 7.10. The number of hydrogen-bond donors (Lipinski definition) is 1. The van der Waals surface area contributed by atoms with Crippen molar-refractivity contribution in [3.05, 3.63) is 48.0 Å². The van der Waals surface area contributed by atoms with Gasteiger partial charge in [-0.1, -0.05) is 94.4 Å². The summed E-state index contributed by atoms with van der Waals surface area (Å²) in [7, 11) is -0.923. The van der Waals surface area contributed by atoms with Crippen LogP contribution in [-0.2, 0) is 5.54 Å². The second-order valence-electron chi connectivity index (χ2n) is 7.37. The Hall–Kier alpha value is -0.863. The molecule has 0 spiro atoms. The van der Waals surface area contributed by atoms with E-state index in [0.717, 1.165) is 12.8 Å². The van der Waals surface area contributed by atoms with Crippen LogP contribution in [0.3, 0.4) is 0 Å². The van der Waals surface area contributed by atoms with E-state index in [1.54, 1.807) is 0 Å². The van der Waals surface area contributed by atoms with Gasteiger partial charge in [-0.2, -0.15) is 0 Å². The average molecular weight is 304 g/mol. The minimum atomic E-state index is -0.923. The quantitative estimate of drug-likeness (QED) is 0.353. The van der Waals surface area contributed by atoms with Crippen molar-refractivity contribution in [2.24, 2.45) is 5.73 Å². The van der Waals surface area contributed by atoms with Gasteiger partial charge in [0, 0.05) is 8.07 Å². The number of allylic oxidation sites excluding steroid dienone is 1. The summed E-state index contributed by atoms with van der Waals surface area (Å²) in [4.78, 5) is 0. The van der Waals surface area contributed by atoms with E-state index in [4.69, 9.17) is 5.73 Å². The summed E-state index contributed by atoms with van der Waals surface area (Å²) >= 11 is 0. The van der Waals surface area contributed by atoms with Gasteiger partial charge >= 0.3 is 0 Å². The van der Waals surface area contributed by atoms with Crippen molar-refractivity contribution in [2.45, 2.75) is 70.3 Å². The van der Waals surface area contributed by atoms with Gasteiger partial charge in [0.2, 0.25) is 0 Å². The van der Waals surface area contributed by atoms with Gasteiger partial charge in [-0.15, -0.1) is 0 Å². The number of nitrogens with two attached hydrogens (primary N) is 1. The van der Waals surface area contributed by atoms with Crippen molar-refractivity contribution >= 4 is 8.07 Å². The van der Waals surface area contributed by atoms with Crippen LogP contribution in [0.25, 0.3) is 0 Å². The van der Waals surface area contributed by atoms with Crippen LogP contribution in [0, 0.1) is 0 Å². The molecule has 0 saturated heterocycles. The molecule has 1 aromatic carbocycles. The lowest BCUT2D eigenvalue weighted by Gasteiger charge is -2.27. The fourth-order valence-electron chi connectivity index (χ4n) is 2.61. The van der Waals surface area contributed by atoms with Crippen LogP contribution in [0.5, 0.6) is 0 Å². The normalized spacial score (nSPS) is 15.3. The molecule has 0 aliphatic carbocycles. The highest BCUT2D eigenvalue weighted by Gasteiger charge is 2.23. The smallest absolute Gasteiger partial charge is 0.0595 e. The molecule has 0 radical (unpaired) electrons. The summed E-state index contributed by atoms with van der Waals surface area (Å²) in [6.45, 7) is 9.54. The average Bonchev–Trinajstić information content (AvgIpc) is 2.44. The van der Waals surface area contributed by atoms with E-state index in [1.807, 2.05) is 0 Å². The van der Waals surface area contributed by atoms with Crippen LogP contribution in [0.1, 0.15) is 44.6 Å². The maximum atomic E-state index is 6.73. The third-order valence-corrected chi connectivity index (χ3v) is 5.80. The molecule has 1 aromatic rings. The Kier molecular flexibility index (Phi) is 7.40. The summed E-state index contributed by atoms with van der Waals surface area (Å²) in [5.41, 5.74) is 7.68. The van der Waals surface area contributed by atoms with E-state index in [-0.39, 0.29) is 5.54 Å². The van der Waals surface area contributed by atoms with Crippen molar-refractivity contribution in [1.82, 2.24) is 0 Å². The maximum absolute atomic E-state index is 6.73. The minimum absolute atomic E-state index is 0.296. The molecule has 0 fully saturated rings. The Labute approximate surface area is 132 Å². The molecule has 1 unspecified atom stereocenters. The highest BCUT2D eigenvalue weighted by molar-refractivity contribution is 6.76. The summed E-state index contributed by atoms with van der Waals surface area (Å²) < 4.78 is 0. The maximum Gasteiger partial charge on any atom is 0.0595 e. The number of benzene rings is 1. The van der Waals surface area contributed by atoms with Crippen LogP contribution >= 0.6 is 0 Å². The predicted octanol–water partition coefficient (Wildman–Crippen LogP) is 5.71. The second kappa shape index (κ2) is 8.55. The largest absolute Gasteiger partial charge is 0.318 e. The fourth-order valence-corrected chi connectivity index (χ4v) is 3.92. The first-order chi connectivity index (χ1) is 9.87. The van der Waals surface area contributed by atoms with Crippen molar-refractivity contribution in [3.63, 3.8) is 0 Å². The molecule has 1 nitrogen and oxygen atoms in total. The van der Waals surface area contributed by atoms with Crippen LogP contribution < -0.4 is 5.73 Å². The second-order valence-corrected chi connectivity index (χ2v) is 13.0. The molecule has 0 saturated carbocycles. The van der Waals surface area contributed by atoms with E-state index in [9.17, 15) is 0 Å². The first kappa shape index (κ1) is 18.2. The van der Waals surface area contributed by atoms with E-state index < -0.39 is 8.07 Å². The molecule has 0 heterocycles. The Morgan fingerprint density at radius 3 is 2.33 bits per heavy atom. The van der Waals surface area contributed by atoms with Crippen LogP contribution in [-0.4, -0.2) is 8.07 Å². The molecular weight excluding hydrogens is 270 g/mol. The third-order valence-electron chi connectivity index (χ3n) is 3.95. The van der Waals surface area contributed by atoms with Crippen LogP contribution in [0.2, 0.25) is 25.7 Å². The zero-order valence-corrected chi connectivity index (χ0v) is 15.4. The number of unbranched alkanes of at least 4 members (excludes halogenated alkanes) is 2. The first-order valence-corrected chi connectivity index (χ1v) is 12.1. The Morgan fingerprint density at radius 1 is 1.10 bits per heavy atom. The van der Waals surface area contributed by atoms with Crippen molar-refractivity contribution in [3.8, 4) is 0 Å². The van der Waals surface area contributed by atoms with Gasteiger partial charge in [-0.05, 0) is 18.4 Å². The molecule has 0 aliphatic rings. The fraction of sp³-hybridized carbons (Fsp3) is 0.579. The SMILES string of the molecule is CCC/C=C/C(N)(CCCC[Si](C)(C)C)c1ccccc1. The minimum Gasteiger partial charge on any atom is -0.318 e. The highest BCUT2D eigenvalue weighted by Crippen LogP contribution is 2.27. The number of rotatable bonds is 9. The lowest BCUT2D eigenvalue weighted by Crippen LogP contribution is -2.34. The molecule has 0 bridgehead atoms. The van der Waals surface area contributed by atoms with Crippen molar-refractivity contribution in [2.75, 3.05) is 0 Å². The molecule has 2 N–H and O–H groups in total. The van der Waals surface area contributed by atoms with Gasteiger partial charge in [0.25, 0.3) is 0 Å². The van der Waals surface area contributed by atoms with Crippen molar-refractivity contribution in [1.29, 1.82) is 0 Å². The first-order valence-electron chi connectivity index (χ1n) is 8.39. The predicted molar refractivity (Wildman–Crippen MR) is 98.4 cm³/mol. The Bertz CT molecular complexity index is 419. The summed E-state index contributed by atoms with van der Waals surface area (Å²) in [6.07, 6.45) is 10.3. The summed E-state index contributed by atoms with van der Waals surface area (Å²) in [5, 5.41) is 0. The van der Waals surface area contributed by atoms with Gasteiger partial charge in [0.05, 0.1) is 5.54 Å². The van der Waals surface area contributed by atoms with Crippen molar-refractivity contribution < 1.29 is 0 Å². The molecule has 21 heavy (non-hydrogen) atoms. The van der Waals surface area contributed by atoms with E-state index in [1.165, 1.54) is 30.9 Å². The van der Waals surface area contributed by atoms with Gasteiger partial charge in [-0.25, -0.2) is 0 Å². The van der Waals surface area contributed by atoms with Gasteiger partial charge < -0.3 is 5.73 Å². The lowest BCUT2D eigenvalue weighted by atomic mass is 9.85. The molecule has 2 heteroatoms. The molecule has 118 valence electrons. The van der Waals surface area contributed by atoms with Crippen LogP contribution in [0.4, 0.5) is 0 Å². The topological polar surface area (TPSA) is 26.0 Å². The monoisotopic (exact) mass is 303 g/mol. The van der Waals surface area contributed by atoms with E-state index in [2.05, 4.69) is 69.0 Å². The lowest BCUT2D eigenvalue weighted by molar-refractivity contribution is 0.483. The molecule has 0 amide bonds. The molecular formula is C19H33NSi. The molecule has 0 aliphatic heterocycles. The molecule has 1 rings (SSSR count). The summed E-state index contributed by atoms with van der Waals surface area (Å²) in [5.74, 6) is 0. The molecule has 1 atom stereocenters. The highest BCUT2D eigenvalue weighted by atomic mass is 28.3. The number of hydrogen-bond acceptors (Lipinski definition) is 1.